The maximum absolute atomic E-state index is 12.2. The summed E-state index contributed by atoms with van der Waals surface area (Å²) in [6, 6.07) is 0. The molecule has 0 bridgehead atoms. The molecule has 0 fully saturated rings. The van der Waals surface area contributed by atoms with Gasteiger partial charge in [0.1, 0.15) is 6.61 Å². The molecular weight excluding hydrogens is 600 g/mol. The Kier molecular flexibility index (Phi) is 34.5. The lowest BCUT2D eigenvalue weighted by Crippen LogP contribution is -2.28. The quantitative estimate of drug-likeness (QED) is 0.0305. The van der Waals surface area contributed by atoms with Gasteiger partial charge in [-0.3, -0.25) is 9.59 Å². The minimum atomic E-state index is -0.864. The summed E-state index contributed by atoms with van der Waals surface area (Å²) in [6.45, 7) is 6.29. The highest BCUT2D eigenvalue weighted by atomic mass is 16.6. The third-order valence-electron chi connectivity index (χ3n) is 8.41. The maximum Gasteiger partial charge on any atom is 0.306 e. The van der Waals surface area contributed by atoms with E-state index >= 15 is 0 Å². The van der Waals surface area contributed by atoms with Gasteiger partial charge in [-0.2, -0.15) is 0 Å². The standard InChI is InChI=1S/C42H74O6/c1-4-5-6-7-8-9-10-12-16-19-22-25-28-32-39(44)33-30-35-42(46)48-40(36-43)37-47-41(45)34-29-26-23-20-17-14-11-13-15-18-21-24-27-31-38(2)3/h8-9,12,16,22,25,28,32,38-40,43-44H,4-7,10-11,13-15,17-21,23-24,26-27,29-31,33-37H2,1-3H3/b9-8-,16-12-,25-22-,32-28+/t39-,40-/m0/s1. The Balaban J connectivity index is 3.75. The van der Waals surface area contributed by atoms with Gasteiger partial charge in [-0.05, 0) is 50.9 Å². The van der Waals surface area contributed by atoms with Crippen molar-refractivity contribution < 1.29 is 29.3 Å². The predicted octanol–water partition coefficient (Wildman–Crippen LogP) is 11.1. The number of unbranched alkanes of at least 4 members (excludes halogenated alkanes) is 15. The number of carbonyl (C=O) groups excluding carboxylic acids is 2. The van der Waals surface area contributed by atoms with Gasteiger partial charge >= 0.3 is 11.9 Å². The molecule has 0 aliphatic carbocycles. The molecule has 0 amide bonds. The third-order valence-corrected chi connectivity index (χ3v) is 8.41. The van der Waals surface area contributed by atoms with Gasteiger partial charge in [-0.1, -0.05) is 166 Å². The number of carbonyl (C=O) groups is 2. The lowest BCUT2D eigenvalue weighted by Gasteiger charge is -2.16. The largest absolute Gasteiger partial charge is 0.462 e. The highest BCUT2D eigenvalue weighted by Crippen LogP contribution is 2.15. The summed E-state index contributed by atoms with van der Waals surface area (Å²) >= 11 is 0. The van der Waals surface area contributed by atoms with Gasteiger partial charge in [-0.25, -0.2) is 0 Å². The third kappa shape index (κ3) is 35.1. The first-order chi connectivity index (χ1) is 23.4. The SMILES string of the molecule is CCCCC/C=C\C/C=C\C/C=C\C=C\[C@H](O)CCCC(=O)O[C@@H](CO)COC(=O)CCCCCCCCCCCCCCCC(C)C. The van der Waals surface area contributed by atoms with E-state index in [1.54, 1.807) is 6.08 Å². The van der Waals surface area contributed by atoms with E-state index in [2.05, 4.69) is 45.1 Å². The van der Waals surface area contributed by atoms with Gasteiger partial charge in [0.25, 0.3) is 0 Å². The summed E-state index contributed by atoms with van der Waals surface area (Å²) in [5.41, 5.74) is 0. The lowest BCUT2D eigenvalue weighted by atomic mass is 10.0. The fraction of sp³-hybridized carbons (Fsp3) is 0.762. The maximum atomic E-state index is 12.2. The van der Waals surface area contributed by atoms with Crippen molar-refractivity contribution in [3.63, 3.8) is 0 Å². The number of rotatable bonds is 34. The molecule has 0 rings (SSSR count). The van der Waals surface area contributed by atoms with Crippen molar-refractivity contribution in [3.05, 3.63) is 48.6 Å². The van der Waals surface area contributed by atoms with Crippen LogP contribution in [0.3, 0.4) is 0 Å². The fourth-order valence-corrected chi connectivity index (χ4v) is 5.37. The zero-order valence-electron chi connectivity index (χ0n) is 31.3. The summed E-state index contributed by atoms with van der Waals surface area (Å²) < 4.78 is 10.5. The Morgan fingerprint density at radius 1 is 0.625 bits per heavy atom. The van der Waals surface area contributed by atoms with E-state index in [9.17, 15) is 19.8 Å². The molecule has 0 saturated carbocycles. The number of hydrogen-bond acceptors (Lipinski definition) is 6. The van der Waals surface area contributed by atoms with E-state index in [1.807, 2.05) is 18.2 Å². The van der Waals surface area contributed by atoms with E-state index in [-0.39, 0.29) is 19.0 Å². The average Bonchev–Trinajstić information content (AvgIpc) is 3.06. The van der Waals surface area contributed by atoms with Crippen LogP contribution in [0, 0.1) is 5.92 Å². The molecule has 6 nitrogen and oxygen atoms in total. The Bertz CT molecular complexity index is 843. The molecule has 0 aromatic heterocycles. The molecule has 278 valence electrons. The van der Waals surface area contributed by atoms with Crippen molar-refractivity contribution in [1.82, 2.24) is 0 Å². The van der Waals surface area contributed by atoms with E-state index < -0.39 is 24.8 Å². The van der Waals surface area contributed by atoms with E-state index in [0.29, 0.717) is 19.3 Å². The molecule has 2 atom stereocenters. The van der Waals surface area contributed by atoms with Crippen LogP contribution in [0.4, 0.5) is 0 Å². The van der Waals surface area contributed by atoms with Gasteiger partial charge < -0.3 is 19.7 Å². The van der Waals surface area contributed by atoms with Crippen molar-refractivity contribution in [2.24, 2.45) is 5.92 Å². The molecule has 6 heteroatoms. The van der Waals surface area contributed by atoms with Gasteiger partial charge in [0, 0.05) is 12.8 Å². The van der Waals surface area contributed by atoms with E-state index in [0.717, 1.165) is 44.4 Å². The first-order valence-electron chi connectivity index (χ1n) is 19.7. The van der Waals surface area contributed by atoms with Gasteiger partial charge in [0.2, 0.25) is 0 Å². The molecule has 0 aromatic rings. The van der Waals surface area contributed by atoms with Crippen molar-refractivity contribution in [2.45, 2.75) is 187 Å². The highest BCUT2D eigenvalue weighted by molar-refractivity contribution is 5.70. The molecule has 0 spiro atoms. The number of hydrogen-bond donors (Lipinski definition) is 2. The van der Waals surface area contributed by atoms with Crippen molar-refractivity contribution in [3.8, 4) is 0 Å². The van der Waals surface area contributed by atoms with Crippen LogP contribution in [-0.4, -0.2) is 47.6 Å². The molecule has 0 heterocycles. The van der Waals surface area contributed by atoms with Crippen LogP contribution in [0.1, 0.15) is 175 Å². The van der Waals surface area contributed by atoms with Crippen LogP contribution in [0.25, 0.3) is 0 Å². The predicted molar refractivity (Wildman–Crippen MR) is 202 cm³/mol. The second kappa shape index (κ2) is 36.1. The van der Waals surface area contributed by atoms with Crippen molar-refractivity contribution >= 4 is 11.9 Å². The van der Waals surface area contributed by atoms with E-state index in [4.69, 9.17) is 9.47 Å². The fourth-order valence-electron chi connectivity index (χ4n) is 5.37. The van der Waals surface area contributed by atoms with E-state index in [1.165, 1.54) is 89.9 Å². The van der Waals surface area contributed by atoms with Crippen LogP contribution in [0.2, 0.25) is 0 Å². The van der Waals surface area contributed by atoms with Crippen LogP contribution >= 0.6 is 0 Å². The number of ether oxygens (including phenoxy) is 2. The smallest absolute Gasteiger partial charge is 0.306 e. The molecule has 0 saturated heterocycles. The topological polar surface area (TPSA) is 93.1 Å². The zero-order chi connectivity index (χ0) is 35.3. The monoisotopic (exact) mass is 675 g/mol. The Hall–Kier alpha value is -2.18. The normalized spacial score (nSPS) is 13.5. The summed E-state index contributed by atoms with van der Waals surface area (Å²) in [4.78, 5) is 24.3. The first kappa shape index (κ1) is 45.8. The molecular formula is C42H74O6. The molecule has 0 unspecified atom stereocenters. The Labute approximate surface area is 295 Å². The molecule has 0 radical (unpaired) electrons. The summed E-state index contributed by atoms with van der Waals surface area (Å²) in [7, 11) is 0. The van der Waals surface area contributed by atoms with Gasteiger partial charge in [0.05, 0.1) is 12.7 Å². The van der Waals surface area contributed by atoms with Crippen LogP contribution in [0.5, 0.6) is 0 Å². The average molecular weight is 675 g/mol. The number of esters is 2. The van der Waals surface area contributed by atoms with Crippen LogP contribution < -0.4 is 0 Å². The van der Waals surface area contributed by atoms with Crippen molar-refractivity contribution in [1.29, 1.82) is 0 Å². The second-order valence-electron chi connectivity index (χ2n) is 13.7. The number of allylic oxidation sites excluding steroid dienone is 7. The Morgan fingerprint density at radius 2 is 1.19 bits per heavy atom. The molecule has 48 heavy (non-hydrogen) atoms. The van der Waals surface area contributed by atoms with Crippen LogP contribution in [-0.2, 0) is 19.1 Å². The van der Waals surface area contributed by atoms with Gasteiger partial charge in [0.15, 0.2) is 6.10 Å². The molecule has 2 N–H and O–H groups in total. The van der Waals surface area contributed by atoms with Gasteiger partial charge in [-0.15, -0.1) is 0 Å². The number of aliphatic hydroxyl groups excluding tert-OH is 2. The van der Waals surface area contributed by atoms with Crippen molar-refractivity contribution in [2.75, 3.05) is 13.2 Å². The first-order valence-corrected chi connectivity index (χ1v) is 19.7. The minimum absolute atomic E-state index is 0.127. The summed E-state index contributed by atoms with van der Waals surface area (Å²) in [6.07, 6.45) is 40.6. The minimum Gasteiger partial charge on any atom is -0.462 e. The summed E-state index contributed by atoms with van der Waals surface area (Å²) in [5, 5.41) is 19.7. The Morgan fingerprint density at radius 3 is 1.79 bits per heavy atom. The second-order valence-corrected chi connectivity index (χ2v) is 13.7. The summed E-state index contributed by atoms with van der Waals surface area (Å²) in [5.74, 6) is 0.0446. The van der Waals surface area contributed by atoms with Crippen LogP contribution in [0.15, 0.2) is 48.6 Å². The zero-order valence-corrected chi connectivity index (χ0v) is 31.3. The highest BCUT2D eigenvalue weighted by Gasteiger charge is 2.16. The molecule has 0 aliphatic heterocycles. The number of aliphatic hydroxyl groups is 2. The molecule has 0 aromatic carbocycles. The lowest BCUT2D eigenvalue weighted by molar-refractivity contribution is -0.161. The molecule has 0 aliphatic rings.